The summed E-state index contributed by atoms with van der Waals surface area (Å²) < 4.78 is 19.2. The maximum atomic E-state index is 13.9. The Morgan fingerprint density at radius 2 is 2.21 bits per heavy atom. The maximum Gasteiger partial charge on any atom is 0.407 e. The van der Waals surface area contributed by atoms with E-state index < -0.39 is 6.09 Å². The molecule has 1 aliphatic heterocycles. The number of nitrogens with zero attached hydrogens (tertiary/aromatic N) is 3. The highest BCUT2D eigenvalue weighted by Gasteiger charge is 2.27. The molecule has 7 heteroatoms. The molecule has 1 amide bonds. The number of carboxylic acid groups (broad SMARTS) is 1. The topological polar surface area (TPSA) is 69.8 Å². The van der Waals surface area contributed by atoms with Crippen molar-refractivity contribution in [3.63, 3.8) is 0 Å². The molecule has 1 N–H and O–H groups in total. The fraction of sp³-hybridized carbons (Fsp3) is 0.412. The van der Waals surface area contributed by atoms with Crippen molar-refractivity contribution in [3.8, 4) is 11.3 Å². The smallest absolute Gasteiger partial charge is 0.407 e. The minimum absolute atomic E-state index is 0.0886. The van der Waals surface area contributed by atoms with E-state index in [1.165, 1.54) is 11.0 Å². The summed E-state index contributed by atoms with van der Waals surface area (Å²) in [4.78, 5) is 14.6. The number of aromatic nitrogens is 1. The van der Waals surface area contributed by atoms with Crippen LogP contribution in [0.15, 0.2) is 28.8 Å². The second-order valence-corrected chi connectivity index (χ2v) is 6.21. The number of benzene rings is 1. The molecule has 1 atom stereocenters. The summed E-state index contributed by atoms with van der Waals surface area (Å²) in [5.41, 5.74) is 2.06. The standard InChI is InChI=1S/C17H20FN3O3/c1-11-3-4-15(18)14(7-11)16-8-13(19-24-16)10-20-5-6-21(17(22)23)9-12(20)2/h3-4,7-8,12H,5-6,9-10H2,1-2H3,(H,22,23)/t12-/m0/s1. The van der Waals surface area contributed by atoms with Crippen LogP contribution in [0.5, 0.6) is 0 Å². The van der Waals surface area contributed by atoms with Gasteiger partial charge in [0, 0.05) is 38.3 Å². The van der Waals surface area contributed by atoms with Crippen molar-refractivity contribution in [1.82, 2.24) is 15.0 Å². The third-order valence-corrected chi connectivity index (χ3v) is 4.35. The molecule has 0 bridgehead atoms. The van der Waals surface area contributed by atoms with Crippen molar-refractivity contribution in [2.75, 3.05) is 19.6 Å². The molecule has 0 aliphatic carbocycles. The molecule has 0 radical (unpaired) electrons. The first-order valence-electron chi connectivity index (χ1n) is 7.88. The maximum absolute atomic E-state index is 13.9. The Bertz CT molecular complexity index is 746. The van der Waals surface area contributed by atoms with Crippen molar-refractivity contribution in [1.29, 1.82) is 0 Å². The van der Waals surface area contributed by atoms with Crippen LogP contribution in [-0.4, -0.2) is 51.8 Å². The lowest BCUT2D eigenvalue weighted by atomic mass is 10.1. The van der Waals surface area contributed by atoms with Gasteiger partial charge in [0.1, 0.15) is 5.82 Å². The number of carbonyl (C=O) groups is 1. The summed E-state index contributed by atoms with van der Waals surface area (Å²) in [6.07, 6.45) is -0.889. The fourth-order valence-electron chi connectivity index (χ4n) is 2.95. The number of amides is 1. The van der Waals surface area contributed by atoms with E-state index in [4.69, 9.17) is 9.63 Å². The second kappa shape index (κ2) is 6.60. The van der Waals surface area contributed by atoms with Gasteiger partial charge in [-0.1, -0.05) is 16.8 Å². The predicted octanol–water partition coefficient (Wildman–Crippen LogP) is 2.97. The van der Waals surface area contributed by atoms with E-state index in [1.807, 2.05) is 13.8 Å². The highest BCUT2D eigenvalue weighted by molar-refractivity contribution is 5.65. The lowest BCUT2D eigenvalue weighted by Gasteiger charge is -2.38. The quantitative estimate of drug-likeness (QED) is 0.935. The van der Waals surface area contributed by atoms with E-state index in [0.717, 1.165) is 5.56 Å². The van der Waals surface area contributed by atoms with Crippen LogP contribution in [0.4, 0.5) is 9.18 Å². The molecule has 0 spiro atoms. The first-order chi connectivity index (χ1) is 11.4. The second-order valence-electron chi connectivity index (χ2n) is 6.21. The van der Waals surface area contributed by atoms with Crippen molar-refractivity contribution in [2.45, 2.75) is 26.4 Å². The first-order valence-corrected chi connectivity index (χ1v) is 7.88. The Kier molecular flexibility index (Phi) is 4.53. The minimum Gasteiger partial charge on any atom is -0.465 e. The summed E-state index contributed by atoms with van der Waals surface area (Å²) >= 11 is 0. The molecule has 1 fully saturated rings. The molecule has 3 rings (SSSR count). The molecule has 1 saturated heterocycles. The summed E-state index contributed by atoms with van der Waals surface area (Å²) in [5, 5.41) is 13.1. The van der Waals surface area contributed by atoms with Gasteiger partial charge in [-0.2, -0.15) is 0 Å². The first kappa shape index (κ1) is 16.4. The third-order valence-electron chi connectivity index (χ3n) is 4.35. The molecule has 6 nitrogen and oxygen atoms in total. The van der Waals surface area contributed by atoms with Crippen molar-refractivity contribution in [3.05, 3.63) is 41.3 Å². The molecule has 1 aromatic carbocycles. The lowest BCUT2D eigenvalue weighted by molar-refractivity contribution is 0.0700. The number of halogens is 1. The number of rotatable bonds is 3. The highest BCUT2D eigenvalue weighted by atomic mass is 19.1. The average molecular weight is 333 g/mol. The van der Waals surface area contributed by atoms with Gasteiger partial charge in [0.05, 0.1) is 11.3 Å². The molecule has 1 aliphatic rings. The van der Waals surface area contributed by atoms with Gasteiger partial charge in [-0.05, 0) is 26.0 Å². The molecule has 1 aromatic heterocycles. The molecule has 24 heavy (non-hydrogen) atoms. The molecular formula is C17H20FN3O3. The monoisotopic (exact) mass is 333 g/mol. The molecular weight excluding hydrogens is 313 g/mol. The molecule has 2 aromatic rings. The van der Waals surface area contributed by atoms with Crippen molar-refractivity contribution < 1.29 is 18.8 Å². The Morgan fingerprint density at radius 1 is 1.42 bits per heavy atom. The Labute approximate surface area is 139 Å². The third kappa shape index (κ3) is 3.41. The lowest BCUT2D eigenvalue weighted by Crippen LogP contribution is -2.52. The van der Waals surface area contributed by atoms with Crippen LogP contribution in [0, 0.1) is 12.7 Å². The molecule has 0 saturated carbocycles. The highest BCUT2D eigenvalue weighted by Crippen LogP contribution is 2.25. The normalized spacial score (nSPS) is 18.8. The van der Waals surface area contributed by atoms with E-state index in [1.54, 1.807) is 18.2 Å². The zero-order valence-corrected chi connectivity index (χ0v) is 13.7. The summed E-state index contributed by atoms with van der Waals surface area (Å²) in [7, 11) is 0. The van der Waals surface area contributed by atoms with E-state index in [9.17, 15) is 9.18 Å². The van der Waals surface area contributed by atoms with E-state index in [0.29, 0.717) is 43.2 Å². The molecule has 2 heterocycles. The van der Waals surface area contributed by atoms with Gasteiger partial charge in [0.2, 0.25) is 0 Å². The van der Waals surface area contributed by atoms with Crippen LogP contribution in [0.25, 0.3) is 11.3 Å². The molecule has 128 valence electrons. The van der Waals surface area contributed by atoms with Crippen LogP contribution >= 0.6 is 0 Å². The van der Waals surface area contributed by atoms with Crippen molar-refractivity contribution >= 4 is 6.09 Å². The van der Waals surface area contributed by atoms with Gasteiger partial charge in [0.15, 0.2) is 5.76 Å². The van der Waals surface area contributed by atoms with Gasteiger partial charge < -0.3 is 14.5 Å². The van der Waals surface area contributed by atoms with Crippen LogP contribution in [0.2, 0.25) is 0 Å². The van der Waals surface area contributed by atoms with Gasteiger partial charge in [-0.3, -0.25) is 4.90 Å². The number of hydrogen-bond donors (Lipinski definition) is 1. The fourth-order valence-corrected chi connectivity index (χ4v) is 2.95. The van der Waals surface area contributed by atoms with Crippen LogP contribution in [-0.2, 0) is 6.54 Å². The predicted molar refractivity (Wildman–Crippen MR) is 86.1 cm³/mol. The Morgan fingerprint density at radius 3 is 2.92 bits per heavy atom. The van der Waals surface area contributed by atoms with Gasteiger partial charge in [0.25, 0.3) is 0 Å². The van der Waals surface area contributed by atoms with E-state index in [2.05, 4.69) is 10.1 Å². The van der Waals surface area contributed by atoms with E-state index in [-0.39, 0.29) is 11.9 Å². The summed E-state index contributed by atoms with van der Waals surface area (Å²) in [6, 6.07) is 6.69. The SMILES string of the molecule is Cc1ccc(F)c(-c2cc(CN3CCN(C(=O)O)C[C@@H]3C)no2)c1. The van der Waals surface area contributed by atoms with Gasteiger partial charge in [-0.25, -0.2) is 9.18 Å². The summed E-state index contributed by atoms with van der Waals surface area (Å²) in [5.74, 6) is 0.0646. The Balaban J connectivity index is 1.71. The number of aryl methyl sites for hydroxylation is 1. The van der Waals surface area contributed by atoms with Crippen molar-refractivity contribution in [2.24, 2.45) is 0 Å². The number of piperazine rings is 1. The van der Waals surface area contributed by atoms with Gasteiger partial charge in [-0.15, -0.1) is 0 Å². The van der Waals surface area contributed by atoms with Gasteiger partial charge >= 0.3 is 6.09 Å². The average Bonchev–Trinajstić information content (AvgIpc) is 3.00. The van der Waals surface area contributed by atoms with Crippen LogP contribution in [0.3, 0.4) is 0 Å². The zero-order valence-electron chi connectivity index (χ0n) is 13.7. The Hall–Kier alpha value is -2.41. The minimum atomic E-state index is -0.889. The van der Waals surface area contributed by atoms with Crippen LogP contribution < -0.4 is 0 Å². The van der Waals surface area contributed by atoms with E-state index >= 15 is 0 Å². The largest absolute Gasteiger partial charge is 0.465 e. The van der Waals surface area contributed by atoms with Crippen LogP contribution in [0.1, 0.15) is 18.2 Å². The number of hydrogen-bond acceptors (Lipinski definition) is 4. The zero-order chi connectivity index (χ0) is 17.3. The summed E-state index contributed by atoms with van der Waals surface area (Å²) in [6.45, 7) is 5.99. The molecule has 0 unspecified atom stereocenters.